The van der Waals surface area contributed by atoms with Gasteiger partial charge in [-0.15, -0.1) is 0 Å². The Morgan fingerprint density at radius 2 is 1.47 bits per heavy atom. The Labute approximate surface area is 94.3 Å². The monoisotopic (exact) mass is 236 g/mol. The highest BCUT2D eigenvalue weighted by atomic mass is 32.2. The zero-order valence-corrected chi connectivity index (χ0v) is 10.8. The summed E-state index contributed by atoms with van der Waals surface area (Å²) >= 11 is 0. The minimum atomic E-state index is -3.23. The maximum atomic E-state index is 11.1. The van der Waals surface area contributed by atoms with Crippen LogP contribution in [0.2, 0.25) is 0 Å². The molecule has 0 aliphatic carbocycles. The number of hydrogen-bond acceptors (Lipinski definition) is 3. The van der Waals surface area contributed by atoms with E-state index in [0.717, 1.165) is 12.8 Å². The van der Waals surface area contributed by atoms with Crippen LogP contribution in [-0.2, 0) is 14.3 Å². The summed E-state index contributed by atoms with van der Waals surface area (Å²) in [5.41, 5.74) is 0. The summed E-state index contributed by atoms with van der Waals surface area (Å²) in [6.07, 6.45) is 7.49. The molecule has 0 aromatic carbocycles. The number of unbranched alkanes of at least 4 members (excludes halogenated alkanes) is 5. The molecule has 0 saturated heterocycles. The Balaban J connectivity index is 3.31. The molecule has 0 spiro atoms. The van der Waals surface area contributed by atoms with Crippen molar-refractivity contribution in [1.29, 1.82) is 0 Å². The number of rotatable bonds is 10. The first-order valence-corrected chi connectivity index (χ1v) is 7.57. The van der Waals surface area contributed by atoms with Gasteiger partial charge < -0.3 is 0 Å². The third-order valence-electron chi connectivity index (χ3n) is 2.21. The van der Waals surface area contributed by atoms with Gasteiger partial charge in [0.15, 0.2) is 0 Å². The van der Waals surface area contributed by atoms with E-state index in [2.05, 4.69) is 6.92 Å². The van der Waals surface area contributed by atoms with Crippen molar-refractivity contribution in [3.05, 3.63) is 0 Å². The van der Waals surface area contributed by atoms with Gasteiger partial charge in [-0.2, -0.15) is 8.42 Å². The molecular formula is C11H24O3S. The molecule has 92 valence electrons. The molecule has 15 heavy (non-hydrogen) atoms. The molecule has 0 aromatic rings. The summed E-state index contributed by atoms with van der Waals surface area (Å²) in [4.78, 5) is 0. The average molecular weight is 236 g/mol. The summed E-state index contributed by atoms with van der Waals surface area (Å²) in [5, 5.41) is 0. The topological polar surface area (TPSA) is 43.4 Å². The normalized spacial score (nSPS) is 11.9. The highest BCUT2D eigenvalue weighted by Crippen LogP contribution is 2.06. The van der Waals surface area contributed by atoms with E-state index < -0.39 is 10.1 Å². The Hall–Kier alpha value is -0.0900. The van der Waals surface area contributed by atoms with Crippen LogP contribution in [-0.4, -0.2) is 20.8 Å². The van der Waals surface area contributed by atoms with Crippen molar-refractivity contribution in [1.82, 2.24) is 0 Å². The average Bonchev–Trinajstić information content (AvgIpc) is 2.16. The van der Waals surface area contributed by atoms with Crippen LogP contribution in [0.25, 0.3) is 0 Å². The summed E-state index contributed by atoms with van der Waals surface area (Å²) in [5.74, 6) is 0.142. The van der Waals surface area contributed by atoms with Gasteiger partial charge in [0.1, 0.15) is 0 Å². The fraction of sp³-hybridized carbons (Fsp3) is 1.00. The van der Waals surface area contributed by atoms with E-state index in [4.69, 9.17) is 4.18 Å². The standard InChI is InChI=1S/C11H24O3S/c1-3-5-6-7-8-9-10-14-15(12,13)11-4-2/h3-11H2,1-2H3. The molecule has 0 aromatic heterocycles. The van der Waals surface area contributed by atoms with E-state index in [-0.39, 0.29) is 5.75 Å². The molecule has 0 N–H and O–H groups in total. The van der Waals surface area contributed by atoms with Crippen molar-refractivity contribution in [2.45, 2.75) is 58.8 Å². The van der Waals surface area contributed by atoms with Crippen LogP contribution in [0.3, 0.4) is 0 Å². The fourth-order valence-electron chi connectivity index (χ4n) is 1.38. The van der Waals surface area contributed by atoms with Gasteiger partial charge in [0, 0.05) is 0 Å². The molecule has 0 unspecified atom stereocenters. The lowest BCUT2D eigenvalue weighted by molar-refractivity contribution is 0.306. The van der Waals surface area contributed by atoms with Gasteiger partial charge in [-0.3, -0.25) is 4.18 Å². The summed E-state index contributed by atoms with van der Waals surface area (Å²) in [6.45, 7) is 4.38. The molecule has 3 nitrogen and oxygen atoms in total. The predicted molar refractivity (Wildman–Crippen MR) is 63.4 cm³/mol. The molecule has 0 radical (unpaired) electrons. The molecule has 0 heterocycles. The molecule has 0 amide bonds. The zero-order valence-electron chi connectivity index (χ0n) is 10.00. The first-order chi connectivity index (χ1) is 7.12. The van der Waals surface area contributed by atoms with E-state index in [0.29, 0.717) is 13.0 Å². The van der Waals surface area contributed by atoms with Gasteiger partial charge >= 0.3 is 0 Å². The molecule has 0 fully saturated rings. The maximum absolute atomic E-state index is 11.1. The van der Waals surface area contributed by atoms with E-state index in [1.807, 2.05) is 6.92 Å². The van der Waals surface area contributed by atoms with E-state index in [9.17, 15) is 8.42 Å². The Morgan fingerprint density at radius 1 is 0.867 bits per heavy atom. The molecule has 0 saturated carbocycles. The van der Waals surface area contributed by atoms with Gasteiger partial charge in [0.2, 0.25) is 0 Å². The molecule has 0 aliphatic heterocycles. The van der Waals surface area contributed by atoms with Crippen LogP contribution >= 0.6 is 0 Å². The smallest absolute Gasteiger partial charge is 0.267 e. The highest BCUT2D eigenvalue weighted by molar-refractivity contribution is 7.86. The van der Waals surface area contributed by atoms with Gasteiger partial charge in [0.25, 0.3) is 10.1 Å². The van der Waals surface area contributed by atoms with Crippen molar-refractivity contribution in [2.75, 3.05) is 12.4 Å². The van der Waals surface area contributed by atoms with Crippen LogP contribution < -0.4 is 0 Å². The molecule has 0 rings (SSSR count). The van der Waals surface area contributed by atoms with Gasteiger partial charge in [-0.05, 0) is 12.8 Å². The summed E-state index contributed by atoms with van der Waals surface area (Å²) in [7, 11) is -3.23. The van der Waals surface area contributed by atoms with Crippen molar-refractivity contribution >= 4 is 10.1 Å². The zero-order chi connectivity index (χ0) is 11.6. The molecular weight excluding hydrogens is 212 g/mol. The maximum Gasteiger partial charge on any atom is 0.267 e. The lowest BCUT2D eigenvalue weighted by atomic mass is 10.1. The lowest BCUT2D eigenvalue weighted by Gasteiger charge is -2.04. The highest BCUT2D eigenvalue weighted by Gasteiger charge is 2.08. The van der Waals surface area contributed by atoms with Gasteiger partial charge in [0.05, 0.1) is 12.4 Å². The second-order valence-corrected chi connectivity index (χ2v) is 5.61. The van der Waals surface area contributed by atoms with Crippen molar-refractivity contribution in [3.8, 4) is 0 Å². The van der Waals surface area contributed by atoms with Crippen LogP contribution in [0.4, 0.5) is 0 Å². The second kappa shape index (κ2) is 9.16. The lowest BCUT2D eigenvalue weighted by Crippen LogP contribution is -2.10. The van der Waals surface area contributed by atoms with Crippen molar-refractivity contribution in [3.63, 3.8) is 0 Å². The minimum absolute atomic E-state index is 0.142. The van der Waals surface area contributed by atoms with Crippen LogP contribution in [0, 0.1) is 0 Å². The van der Waals surface area contributed by atoms with Crippen LogP contribution in [0.15, 0.2) is 0 Å². The Morgan fingerprint density at radius 3 is 2.07 bits per heavy atom. The van der Waals surface area contributed by atoms with Crippen molar-refractivity contribution < 1.29 is 12.6 Å². The quantitative estimate of drug-likeness (QED) is 0.432. The molecule has 4 heteroatoms. The molecule has 0 bridgehead atoms. The van der Waals surface area contributed by atoms with Crippen LogP contribution in [0.5, 0.6) is 0 Å². The summed E-state index contributed by atoms with van der Waals surface area (Å²) < 4.78 is 27.1. The Bertz CT molecular complexity index is 222. The van der Waals surface area contributed by atoms with E-state index >= 15 is 0 Å². The molecule has 0 atom stereocenters. The van der Waals surface area contributed by atoms with E-state index in [1.165, 1.54) is 25.7 Å². The third-order valence-corrected chi connectivity index (χ3v) is 3.65. The largest absolute Gasteiger partial charge is 0.270 e. The van der Waals surface area contributed by atoms with Gasteiger partial charge in [-0.25, -0.2) is 0 Å². The third kappa shape index (κ3) is 10.2. The Kier molecular flexibility index (Phi) is 9.10. The van der Waals surface area contributed by atoms with Crippen LogP contribution in [0.1, 0.15) is 58.8 Å². The molecule has 0 aliphatic rings. The predicted octanol–water partition coefficient (Wildman–Crippen LogP) is 3.10. The summed E-state index contributed by atoms with van der Waals surface area (Å²) in [6, 6.07) is 0. The SMILES string of the molecule is CCCCCCCCOS(=O)(=O)CCC. The minimum Gasteiger partial charge on any atom is -0.270 e. The van der Waals surface area contributed by atoms with Crippen molar-refractivity contribution in [2.24, 2.45) is 0 Å². The first kappa shape index (κ1) is 14.9. The first-order valence-electron chi connectivity index (χ1n) is 5.99. The second-order valence-electron chi connectivity index (χ2n) is 3.85. The van der Waals surface area contributed by atoms with Gasteiger partial charge in [-0.1, -0.05) is 46.0 Å². The fourth-order valence-corrected chi connectivity index (χ4v) is 2.37. The van der Waals surface area contributed by atoms with E-state index in [1.54, 1.807) is 0 Å². The number of hydrogen-bond donors (Lipinski definition) is 0.